The summed E-state index contributed by atoms with van der Waals surface area (Å²) in [5.74, 6) is 1.48. The monoisotopic (exact) mass is 290 g/mol. The second-order valence-corrected chi connectivity index (χ2v) is 6.38. The molecule has 1 atom stereocenters. The maximum Gasteiger partial charge on any atom is 0.146 e. The van der Waals surface area contributed by atoms with Crippen LogP contribution in [-0.2, 0) is 11.2 Å². The Morgan fingerprint density at radius 3 is 2.71 bits per heavy atom. The molecule has 2 heterocycles. The first-order chi connectivity index (χ1) is 9.92. The number of aryl methyl sites for hydroxylation is 1. The Hall–Kier alpha value is -1.42. The fourth-order valence-corrected chi connectivity index (χ4v) is 3.34. The van der Waals surface area contributed by atoms with E-state index in [9.17, 15) is 4.79 Å². The minimum Gasteiger partial charge on any atom is -0.496 e. The van der Waals surface area contributed by atoms with Crippen LogP contribution < -0.4 is 10.1 Å². The van der Waals surface area contributed by atoms with Gasteiger partial charge >= 0.3 is 0 Å². The number of ether oxygens (including phenoxy) is 1. The maximum atomic E-state index is 12.9. The molecule has 4 nitrogen and oxygen atoms in total. The van der Waals surface area contributed by atoms with E-state index in [0.717, 1.165) is 42.1 Å². The van der Waals surface area contributed by atoms with Crippen LogP contribution in [-0.4, -0.2) is 31.0 Å². The molecule has 0 amide bonds. The molecule has 0 spiro atoms. The van der Waals surface area contributed by atoms with E-state index in [4.69, 9.17) is 4.74 Å². The van der Waals surface area contributed by atoms with Gasteiger partial charge < -0.3 is 10.1 Å². The first-order valence-electron chi connectivity index (χ1n) is 7.65. The van der Waals surface area contributed by atoms with Gasteiger partial charge in [-0.05, 0) is 32.7 Å². The number of hydrogen-bond donors (Lipinski definition) is 1. The van der Waals surface area contributed by atoms with Gasteiger partial charge in [-0.25, -0.2) is 0 Å². The Balaban J connectivity index is 2.27. The van der Waals surface area contributed by atoms with Crippen LogP contribution in [0.2, 0.25) is 0 Å². The van der Waals surface area contributed by atoms with E-state index < -0.39 is 0 Å². The number of nitrogens with zero attached hydrogens (tertiary/aromatic N) is 1. The van der Waals surface area contributed by atoms with Gasteiger partial charge in [-0.15, -0.1) is 0 Å². The molecule has 1 aliphatic heterocycles. The number of carbonyl (C=O) groups excluding carboxylic acids is 1. The Bertz CT molecular complexity index is 532. The zero-order valence-electron chi connectivity index (χ0n) is 13.7. The van der Waals surface area contributed by atoms with Gasteiger partial charge in [-0.3, -0.25) is 9.78 Å². The van der Waals surface area contributed by atoms with Crippen LogP contribution in [0.4, 0.5) is 0 Å². The fourth-order valence-electron chi connectivity index (χ4n) is 3.34. The lowest BCUT2D eigenvalue weighted by atomic mass is 9.71. The lowest BCUT2D eigenvalue weighted by Gasteiger charge is -2.31. The van der Waals surface area contributed by atoms with Crippen LogP contribution in [0, 0.1) is 25.2 Å². The number of pyridine rings is 1. The molecule has 116 valence electrons. The van der Waals surface area contributed by atoms with Gasteiger partial charge in [0, 0.05) is 35.7 Å². The van der Waals surface area contributed by atoms with E-state index in [-0.39, 0.29) is 5.41 Å². The van der Waals surface area contributed by atoms with Crippen LogP contribution in [0.3, 0.4) is 0 Å². The smallest absolute Gasteiger partial charge is 0.146 e. The molecule has 1 aliphatic rings. The first kappa shape index (κ1) is 16.0. The molecule has 2 rings (SSSR count). The summed E-state index contributed by atoms with van der Waals surface area (Å²) in [6.45, 7) is 9.94. The molecule has 1 N–H and O–H groups in total. The number of rotatable bonds is 5. The van der Waals surface area contributed by atoms with Gasteiger partial charge in [0.25, 0.3) is 0 Å². The van der Waals surface area contributed by atoms with Gasteiger partial charge in [-0.1, -0.05) is 13.8 Å². The Kier molecular flexibility index (Phi) is 4.67. The average molecular weight is 290 g/mol. The molecule has 4 heteroatoms. The summed E-state index contributed by atoms with van der Waals surface area (Å²) in [7, 11) is 1.66. The molecule has 21 heavy (non-hydrogen) atoms. The zero-order chi connectivity index (χ0) is 15.6. The molecule has 0 radical (unpaired) electrons. The molecule has 1 aromatic heterocycles. The van der Waals surface area contributed by atoms with Crippen molar-refractivity contribution >= 4 is 5.78 Å². The number of hydrogen-bond acceptors (Lipinski definition) is 4. The van der Waals surface area contributed by atoms with Crippen LogP contribution in [0.25, 0.3) is 0 Å². The van der Waals surface area contributed by atoms with E-state index in [1.807, 2.05) is 13.8 Å². The standard InChI is InChI=1S/C17H26N2O2/c1-11(2)17(6-7-18-10-17)15(20)8-14-13(4)16(21-5)12(3)9-19-14/h9,11,18H,6-8,10H2,1-5H3. The van der Waals surface area contributed by atoms with Crippen molar-refractivity contribution in [2.24, 2.45) is 11.3 Å². The second-order valence-electron chi connectivity index (χ2n) is 6.38. The van der Waals surface area contributed by atoms with Crippen LogP contribution >= 0.6 is 0 Å². The third-order valence-corrected chi connectivity index (χ3v) is 4.93. The Labute approximate surface area is 127 Å². The molecular weight excluding hydrogens is 264 g/mol. The molecule has 1 aromatic rings. The van der Waals surface area contributed by atoms with E-state index >= 15 is 0 Å². The average Bonchev–Trinajstić information content (AvgIpc) is 2.93. The number of carbonyl (C=O) groups is 1. The van der Waals surface area contributed by atoms with Gasteiger partial charge in [0.2, 0.25) is 0 Å². The van der Waals surface area contributed by atoms with Gasteiger partial charge in [-0.2, -0.15) is 0 Å². The quantitative estimate of drug-likeness (QED) is 0.905. The number of methoxy groups -OCH3 is 1. The lowest BCUT2D eigenvalue weighted by molar-refractivity contribution is -0.129. The summed E-state index contributed by atoms with van der Waals surface area (Å²) in [5.41, 5.74) is 2.59. The molecule has 0 aromatic carbocycles. The molecule has 1 unspecified atom stereocenters. The van der Waals surface area contributed by atoms with Crippen LogP contribution in [0.1, 0.15) is 37.1 Å². The summed E-state index contributed by atoms with van der Waals surface area (Å²) < 4.78 is 5.43. The van der Waals surface area contributed by atoms with Gasteiger partial charge in [0.1, 0.15) is 11.5 Å². The zero-order valence-corrected chi connectivity index (χ0v) is 13.7. The number of Topliss-reactive ketones (excluding diaryl/α,β-unsaturated/α-hetero) is 1. The lowest BCUT2D eigenvalue weighted by Crippen LogP contribution is -2.39. The van der Waals surface area contributed by atoms with Crippen molar-refractivity contribution in [3.8, 4) is 5.75 Å². The highest BCUT2D eigenvalue weighted by atomic mass is 16.5. The van der Waals surface area contributed by atoms with Crippen molar-refractivity contribution in [3.63, 3.8) is 0 Å². The minimum atomic E-state index is -0.244. The van der Waals surface area contributed by atoms with E-state index in [1.165, 1.54) is 0 Å². The molecule has 0 saturated carbocycles. The largest absolute Gasteiger partial charge is 0.496 e. The minimum absolute atomic E-state index is 0.244. The van der Waals surface area contributed by atoms with Crippen LogP contribution in [0.15, 0.2) is 6.20 Å². The van der Waals surface area contributed by atoms with E-state index in [1.54, 1.807) is 13.3 Å². The highest BCUT2D eigenvalue weighted by Crippen LogP contribution is 2.36. The van der Waals surface area contributed by atoms with Gasteiger partial charge in [0.15, 0.2) is 0 Å². The number of aromatic nitrogens is 1. The van der Waals surface area contributed by atoms with Crippen molar-refractivity contribution in [2.75, 3.05) is 20.2 Å². The predicted octanol–water partition coefficient (Wildman–Crippen LogP) is 2.45. The molecule has 1 fully saturated rings. The van der Waals surface area contributed by atoms with Gasteiger partial charge in [0.05, 0.1) is 12.8 Å². The van der Waals surface area contributed by atoms with E-state index in [0.29, 0.717) is 18.1 Å². The third kappa shape index (κ3) is 2.82. The number of nitrogens with one attached hydrogen (secondary N) is 1. The third-order valence-electron chi connectivity index (χ3n) is 4.93. The Morgan fingerprint density at radius 1 is 1.48 bits per heavy atom. The highest BCUT2D eigenvalue weighted by molar-refractivity contribution is 5.87. The van der Waals surface area contributed by atoms with Crippen molar-refractivity contribution < 1.29 is 9.53 Å². The summed E-state index contributed by atoms with van der Waals surface area (Å²) >= 11 is 0. The summed E-state index contributed by atoms with van der Waals surface area (Å²) in [5, 5.41) is 3.34. The van der Waals surface area contributed by atoms with Crippen molar-refractivity contribution in [2.45, 2.75) is 40.5 Å². The van der Waals surface area contributed by atoms with Crippen LogP contribution in [0.5, 0.6) is 5.75 Å². The molecule has 0 bridgehead atoms. The van der Waals surface area contributed by atoms with Crippen molar-refractivity contribution in [1.29, 1.82) is 0 Å². The molecular formula is C17H26N2O2. The summed E-state index contributed by atoms with van der Waals surface area (Å²) in [4.78, 5) is 17.4. The van der Waals surface area contributed by atoms with Crippen molar-refractivity contribution in [3.05, 3.63) is 23.0 Å². The summed E-state index contributed by atoms with van der Waals surface area (Å²) in [6, 6.07) is 0. The molecule has 1 saturated heterocycles. The Morgan fingerprint density at radius 2 is 2.19 bits per heavy atom. The number of ketones is 1. The van der Waals surface area contributed by atoms with Crippen molar-refractivity contribution in [1.82, 2.24) is 10.3 Å². The highest BCUT2D eigenvalue weighted by Gasteiger charge is 2.43. The van der Waals surface area contributed by atoms with E-state index in [2.05, 4.69) is 24.1 Å². The normalized spacial score (nSPS) is 21.8. The SMILES string of the molecule is COc1c(C)cnc(CC(=O)C2(C(C)C)CCNC2)c1C. The predicted molar refractivity (Wildman–Crippen MR) is 83.7 cm³/mol. The maximum absolute atomic E-state index is 12.9. The second kappa shape index (κ2) is 6.14. The fraction of sp³-hybridized carbons (Fsp3) is 0.647. The first-order valence-corrected chi connectivity index (χ1v) is 7.65. The molecule has 0 aliphatic carbocycles. The topological polar surface area (TPSA) is 51.2 Å². The summed E-state index contributed by atoms with van der Waals surface area (Å²) in [6.07, 6.45) is 3.11.